The molecule has 21 heavy (non-hydrogen) atoms. The fourth-order valence-electron chi connectivity index (χ4n) is 2.46. The van der Waals surface area contributed by atoms with Gasteiger partial charge in [-0.15, -0.1) is 0 Å². The van der Waals surface area contributed by atoms with Gasteiger partial charge in [-0.2, -0.15) is 0 Å². The lowest BCUT2D eigenvalue weighted by atomic mass is 10.1. The Morgan fingerprint density at radius 2 is 1.76 bits per heavy atom. The number of anilines is 1. The van der Waals surface area contributed by atoms with Crippen molar-refractivity contribution in [2.45, 2.75) is 19.9 Å². The maximum absolute atomic E-state index is 12.3. The lowest BCUT2D eigenvalue weighted by Gasteiger charge is -2.40. The SMILES string of the molecule is Cc1cncc(NC2CN(C(=O)c3cncc(C)c3)C2)c1. The highest BCUT2D eigenvalue weighted by molar-refractivity contribution is 5.94. The summed E-state index contributed by atoms with van der Waals surface area (Å²) in [5, 5.41) is 3.39. The van der Waals surface area contributed by atoms with Crippen LogP contribution in [0.3, 0.4) is 0 Å². The van der Waals surface area contributed by atoms with E-state index in [9.17, 15) is 4.79 Å². The van der Waals surface area contributed by atoms with Crippen LogP contribution in [0.2, 0.25) is 0 Å². The largest absolute Gasteiger partial charge is 0.377 e. The first kappa shape index (κ1) is 13.5. The van der Waals surface area contributed by atoms with Gasteiger partial charge < -0.3 is 10.2 Å². The number of aryl methyl sites for hydroxylation is 2. The van der Waals surface area contributed by atoms with Crippen LogP contribution in [0.1, 0.15) is 21.5 Å². The van der Waals surface area contributed by atoms with Crippen LogP contribution in [0.5, 0.6) is 0 Å². The molecule has 0 spiro atoms. The fraction of sp³-hybridized carbons (Fsp3) is 0.312. The van der Waals surface area contributed by atoms with Crippen LogP contribution >= 0.6 is 0 Å². The molecule has 2 aromatic heterocycles. The minimum Gasteiger partial charge on any atom is -0.377 e. The van der Waals surface area contributed by atoms with E-state index >= 15 is 0 Å². The standard InChI is InChI=1S/C16H18N4O/c1-11-3-13(7-17-5-11)16(21)20-9-15(10-20)19-14-4-12(2)6-18-8-14/h3-8,15,19H,9-10H2,1-2H3. The molecule has 3 rings (SSSR count). The zero-order chi connectivity index (χ0) is 14.8. The lowest BCUT2D eigenvalue weighted by molar-refractivity contribution is 0.0624. The van der Waals surface area contributed by atoms with E-state index in [0.29, 0.717) is 18.7 Å². The highest BCUT2D eigenvalue weighted by atomic mass is 16.2. The maximum atomic E-state index is 12.3. The van der Waals surface area contributed by atoms with Crippen molar-refractivity contribution in [2.24, 2.45) is 0 Å². The van der Waals surface area contributed by atoms with E-state index in [1.165, 1.54) is 0 Å². The van der Waals surface area contributed by atoms with E-state index < -0.39 is 0 Å². The summed E-state index contributed by atoms with van der Waals surface area (Å²) in [6, 6.07) is 4.22. The average Bonchev–Trinajstić information content (AvgIpc) is 2.42. The first-order valence-corrected chi connectivity index (χ1v) is 7.01. The van der Waals surface area contributed by atoms with Crippen LogP contribution < -0.4 is 5.32 Å². The molecule has 1 amide bonds. The highest BCUT2D eigenvalue weighted by Gasteiger charge is 2.31. The molecule has 1 aliphatic heterocycles. The Morgan fingerprint density at radius 3 is 2.43 bits per heavy atom. The molecular weight excluding hydrogens is 264 g/mol. The molecule has 1 N–H and O–H groups in total. The molecule has 0 unspecified atom stereocenters. The Balaban J connectivity index is 1.57. The van der Waals surface area contributed by atoms with Crippen molar-refractivity contribution in [1.29, 1.82) is 0 Å². The Bertz CT molecular complexity index is 665. The number of hydrogen-bond acceptors (Lipinski definition) is 4. The van der Waals surface area contributed by atoms with Gasteiger partial charge >= 0.3 is 0 Å². The number of nitrogens with one attached hydrogen (secondary N) is 1. The highest BCUT2D eigenvalue weighted by Crippen LogP contribution is 2.18. The van der Waals surface area contributed by atoms with Gasteiger partial charge in [-0.1, -0.05) is 0 Å². The molecule has 5 heteroatoms. The third kappa shape index (κ3) is 3.02. The van der Waals surface area contributed by atoms with Crippen LogP contribution in [0.15, 0.2) is 36.9 Å². The summed E-state index contributed by atoms with van der Waals surface area (Å²) in [5.74, 6) is 0.0478. The molecule has 5 nitrogen and oxygen atoms in total. The van der Waals surface area contributed by atoms with Crippen LogP contribution in [0, 0.1) is 13.8 Å². The third-order valence-corrected chi connectivity index (χ3v) is 3.54. The van der Waals surface area contributed by atoms with Crippen LogP contribution in [0.25, 0.3) is 0 Å². The predicted molar refractivity (Wildman–Crippen MR) is 81.3 cm³/mol. The summed E-state index contributed by atoms with van der Waals surface area (Å²) in [5.41, 5.74) is 3.79. The van der Waals surface area contributed by atoms with Gasteiger partial charge in [0.1, 0.15) is 0 Å². The lowest BCUT2D eigenvalue weighted by Crippen LogP contribution is -2.57. The van der Waals surface area contributed by atoms with Crippen molar-refractivity contribution >= 4 is 11.6 Å². The van der Waals surface area contributed by atoms with E-state index in [0.717, 1.165) is 16.8 Å². The van der Waals surface area contributed by atoms with Crippen molar-refractivity contribution in [2.75, 3.05) is 18.4 Å². The van der Waals surface area contributed by atoms with Gasteiger partial charge in [0.25, 0.3) is 5.91 Å². The summed E-state index contributed by atoms with van der Waals surface area (Å²) in [7, 11) is 0. The zero-order valence-electron chi connectivity index (χ0n) is 12.2. The number of likely N-dealkylation sites (tertiary alicyclic amines) is 1. The molecule has 0 bridgehead atoms. The second-order valence-corrected chi connectivity index (χ2v) is 5.55. The van der Waals surface area contributed by atoms with E-state index in [4.69, 9.17) is 0 Å². The van der Waals surface area contributed by atoms with Crippen LogP contribution in [-0.4, -0.2) is 39.9 Å². The average molecular weight is 282 g/mol. The number of carbonyl (C=O) groups excluding carboxylic acids is 1. The summed E-state index contributed by atoms with van der Waals surface area (Å²) in [6.45, 7) is 5.37. The zero-order valence-corrected chi connectivity index (χ0v) is 12.2. The minimum absolute atomic E-state index is 0.0478. The van der Waals surface area contributed by atoms with Gasteiger partial charge in [0, 0.05) is 37.9 Å². The Labute approximate surface area is 124 Å². The van der Waals surface area contributed by atoms with Gasteiger partial charge in [0.15, 0.2) is 0 Å². The van der Waals surface area contributed by atoms with Gasteiger partial charge in [-0.25, -0.2) is 0 Å². The molecule has 0 atom stereocenters. The number of hydrogen-bond donors (Lipinski definition) is 1. The molecular formula is C16H18N4O. The first-order chi connectivity index (χ1) is 10.1. The number of rotatable bonds is 3. The quantitative estimate of drug-likeness (QED) is 0.936. The normalized spacial score (nSPS) is 14.7. The number of carbonyl (C=O) groups is 1. The number of pyridine rings is 2. The minimum atomic E-state index is 0.0478. The second kappa shape index (κ2) is 5.52. The van der Waals surface area contributed by atoms with E-state index in [1.807, 2.05) is 37.2 Å². The van der Waals surface area contributed by atoms with E-state index in [-0.39, 0.29) is 11.9 Å². The molecule has 0 aromatic carbocycles. The molecule has 3 heterocycles. The summed E-state index contributed by atoms with van der Waals surface area (Å²) in [6.07, 6.45) is 7.01. The van der Waals surface area contributed by atoms with Crippen LogP contribution in [-0.2, 0) is 0 Å². The van der Waals surface area contributed by atoms with Crippen molar-refractivity contribution in [3.63, 3.8) is 0 Å². The van der Waals surface area contributed by atoms with Crippen molar-refractivity contribution < 1.29 is 4.79 Å². The topological polar surface area (TPSA) is 58.1 Å². The predicted octanol–water partition coefficient (Wildman–Crippen LogP) is 2.03. The first-order valence-electron chi connectivity index (χ1n) is 7.01. The Hall–Kier alpha value is -2.43. The number of aromatic nitrogens is 2. The molecule has 1 fully saturated rings. The number of nitrogens with zero attached hydrogens (tertiary/aromatic N) is 3. The molecule has 0 radical (unpaired) electrons. The van der Waals surface area contributed by atoms with Crippen LogP contribution in [0.4, 0.5) is 5.69 Å². The van der Waals surface area contributed by atoms with Crippen molar-refractivity contribution in [3.8, 4) is 0 Å². The Kier molecular flexibility index (Phi) is 3.56. The molecule has 1 aliphatic rings. The Morgan fingerprint density at radius 1 is 1.10 bits per heavy atom. The molecule has 1 saturated heterocycles. The van der Waals surface area contributed by atoms with Crippen molar-refractivity contribution in [3.05, 3.63) is 53.6 Å². The van der Waals surface area contributed by atoms with Gasteiger partial charge in [0.05, 0.1) is 17.3 Å². The van der Waals surface area contributed by atoms with Gasteiger partial charge in [0.2, 0.25) is 0 Å². The molecule has 0 saturated carbocycles. The summed E-state index contributed by atoms with van der Waals surface area (Å²) in [4.78, 5) is 22.3. The molecule has 0 aliphatic carbocycles. The fourth-order valence-corrected chi connectivity index (χ4v) is 2.46. The molecule has 108 valence electrons. The third-order valence-electron chi connectivity index (χ3n) is 3.54. The number of amides is 1. The van der Waals surface area contributed by atoms with E-state index in [2.05, 4.69) is 21.4 Å². The molecule has 2 aromatic rings. The second-order valence-electron chi connectivity index (χ2n) is 5.55. The van der Waals surface area contributed by atoms with E-state index in [1.54, 1.807) is 12.4 Å². The van der Waals surface area contributed by atoms with Gasteiger partial charge in [-0.05, 0) is 37.1 Å². The van der Waals surface area contributed by atoms with Gasteiger partial charge in [-0.3, -0.25) is 14.8 Å². The summed E-state index contributed by atoms with van der Waals surface area (Å²) < 4.78 is 0. The van der Waals surface area contributed by atoms with Crippen molar-refractivity contribution in [1.82, 2.24) is 14.9 Å². The maximum Gasteiger partial charge on any atom is 0.255 e. The monoisotopic (exact) mass is 282 g/mol. The smallest absolute Gasteiger partial charge is 0.255 e. The summed E-state index contributed by atoms with van der Waals surface area (Å²) >= 11 is 0.